The Morgan fingerprint density at radius 2 is 2.12 bits per heavy atom. The summed E-state index contributed by atoms with van der Waals surface area (Å²) in [5.74, 6) is 0.576. The molecule has 0 spiro atoms. The molecule has 1 N–H and O–H groups in total. The lowest BCUT2D eigenvalue weighted by atomic mass is 10.1. The Bertz CT molecular complexity index is 546. The lowest BCUT2D eigenvalue weighted by molar-refractivity contribution is 0.415. The number of aromatic amines is 1. The Balaban J connectivity index is 2.48. The van der Waals surface area contributed by atoms with E-state index in [0.717, 1.165) is 5.56 Å². The first kappa shape index (κ1) is 10.7. The van der Waals surface area contributed by atoms with E-state index in [9.17, 15) is 4.79 Å². The molecule has 0 saturated carbocycles. The van der Waals surface area contributed by atoms with Gasteiger partial charge in [0.15, 0.2) is 0 Å². The summed E-state index contributed by atoms with van der Waals surface area (Å²) in [7, 11) is 1.55. The number of H-pyrrole nitrogens is 1. The van der Waals surface area contributed by atoms with E-state index in [1.165, 1.54) is 6.07 Å². The zero-order valence-electron chi connectivity index (χ0n) is 8.53. The van der Waals surface area contributed by atoms with Gasteiger partial charge >= 0.3 is 0 Å². The molecule has 0 aliphatic carbocycles. The number of nitrogens with one attached hydrogen (secondary N) is 1. The highest BCUT2D eigenvalue weighted by atomic mass is 35.5. The van der Waals surface area contributed by atoms with Crippen molar-refractivity contribution in [1.29, 1.82) is 0 Å². The molecule has 1 aromatic carbocycles. The van der Waals surface area contributed by atoms with E-state index in [4.69, 9.17) is 16.3 Å². The summed E-state index contributed by atoms with van der Waals surface area (Å²) in [5, 5.41) is 6.83. The van der Waals surface area contributed by atoms with Crippen LogP contribution in [0.1, 0.15) is 0 Å². The molecule has 2 aromatic rings. The summed E-state index contributed by atoms with van der Waals surface area (Å²) in [6.45, 7) is 0. The summed E-state index contributed by atoms with van der Waals surface area (Å²) in [4.78, 5) is 10.9. The Labute approximate surface area is 96.8 Å². The number of methoxy groups -OCH3 is 1. The van der Waals surface area contributed by atoms with E-state index in [2.05, 4.69) is 10.2 Å². The number of benzene rings is 1. The number of halogens is 1. The van der Waals surface area contributed by atoms with Crippen LogP contribution >= 0.6 is 11.6 Å². The van der Waals surface area contributed by atoms with Crippen LogP contribution in [0.5, 0.6) is 5.75 Å². The maximum Gasteiger partial charge on any atom is 0.264 e. The Morgan fingerprint density at radius 3 is 2.75 bits per heavy atom. The van der Waals surface area contributed by atoms with Crippen LogP contribution in [0.4, 0.5) is 0 Å². The van der Waals surface area contributed by atoms with Crippen LogP contribution in [0.25, 0.3) is 11.3 Å². The molecule has 4 nitrogen and oxygen atoms in total. The number of rotatable bonds is 2. The van der Waals surface area contributed by atoms with Crippen LogP contribution in [0.3, 0.4) is 0 Å². The Hall–Kier alpha value is -1.81. The molecular weight excluding hydrogens is 228 g/mol. The highest BCUT2D eigenvalue weighted by Gasteiger charge is 2.04. The Morgan fingerprint density at radius 1 is 1.31 bits per heavy atom. The fourth-order valence-electron chi connectivity index (χ4n) is 1.32. The second-order valence-corrected chi connectivity index (χ2v) is 3.56. The standard InChI is InChI=1S/C11H9ClN2O2/c1-16-10-6-7(2-3-8(10)12)9-4-5-11(15)14-13-9/h2-6H,1H3,(H,14,15). The summed E-state index contributed by atoms with van der Waals surface area (Å²) in [5.41, 5.74) is 1.26. The van der Waals surface area contributed by atoms with E-state index in [1.807, 2.05) is 6.07 Å². The van der Waals surface area contributed by atoms with Crippen molar-refractivity contribution in [2.75, 3.05) is 7.11 Å². The minimum Gasteiger partial charge on any atom is -0.495 e. The SMILES string of the molecule is COc1cc(-c2ccc(=O)[nH]n2)ccc1Cl. The molecule has 0 unspecified atom stereocenters. The highest BCUT2D eigenvalue weighted by molar-refractivity contribution is 6.32. The quantitative estimate of drug-likeness (QED) is 0.869. The van der Waals surface area contributed by atoms with Crippen molar-refractivity contribution in [2.24, 2.45) is 0 Å². The highest BCUT2D eigenvalue weighted by Crippen LogP contribution is 2.28. The third kappa shape index (κ3) is 2.06. The molecular formula is C11H9ClN2O2. The van der Waals surface area contributed by atoms with Crippen molar-refractivity contribution in [3.63, 3.8) is 0 Å². The molecule has 5 heteroatoms. The first-order chi connectivity index (χ1) is 7.70. The first-order valence-corrected chi connectivity index (χ1v) is 4.98. The number of hydrogen-bond donors (Lipinski definition) is 1. The molecule has 0 atom stereocenters. The van der Waals surface area contributed by atoms with E-state index in [-0.39, 0.29) is 5.56 Å². The lowest BCUT2D eigenvalue weighted by Crippen LogP contribution is -2.05. The fraction of sp³-hybridized carbons (Fsp3) is 0.0909. The second-order valence-electron chi connectivity index (χ2n) is 3.16. The van der Waals surface area contributed by atoms with E-state index < -0.39 is 0 Å². The number of hydrogen-bond acceptors (Lipinski definition) is 3. The summed E-state index contributed by atoms with van der Waals surface area (Å²) in [6.07, 6.45) is 0. The maximum atomic E-state index is 10.9. The van der Waals surface area contributed by atoms with Crippen LogP contribution in [0, 0.1) is 0 Å². The Kier molecular flexibility index (Phi) is 2.92. The van der Waals surface area contributed by atoms with Gasteiger partial charge in [0.05, 0.1) is 17.8 Å². The molecule has 1 aromatic heterocycles. The van der Waals surface area contributed by atoms with Gasteiger partial charge in [-0.2, -0.15) is 5.10 Å². The van der Waals surface area contributed by atoms with E-state index >= 15 is 0 Å². The number of ether oxygens (including phenoxy) is 1. The van der Waals surface area contributed by atoms with Crippen LogP contribution in [-0.4, -0.2) is 17.3 Å². The van der Waals surface area contributed by atoms with Crippen molar-refractivity contribution in [2.45, 2.75) is 0 Å². The van der Waals surface area contributed by atoms with Crippen molar-refractivity contribution in [3.8, 4) is 17.0 Å². The van der Waals surface area contributed by atoms with Crippen LogP contribution in [0.2, 0.25) is 5.02 Å². The van der Waals surface area contributed by atoms with Crippen molar-refractivity contribution in [1.82, 2.24) is 10.2 Å². The predicted molar refractivity (Wildman–Crippen MR) is 61.9 cm³/mol. The molecule has 2 rings (SSSR count). The third-order valence-corrected chi connectivity index (χ3v) is 2.44. The number of aromatic nitrogens is 2. The minimum atomic E-state index is -0.232. The molecule has 1 heterocycles. The molecule has 0 saturated heterocycles. The molecule has 0 bridgehead atoms. The summed E-state index contributed by atoms with van der Waals surface area (Å²) >= 11 is 5.91. The largest absolute Gasteiger partial charge is 0.495 e. The van der Waals surface area contributed by atoms with Crippen LogP contribution < -0.4 is 10.3 Å². The molecule has 0 aliphatic heterocycles. The zero-order valence-corrected chi connectivity index (χ0v) is 9.28. The monoisotopic (exact) mass is 236 g/mol. The summed E-state index contributed by atoms with van der Waals surface area (Å²) < 4.78 is 5.10. The lowest BCUT2D eigenvalue weighted by Gasteiger charge is -2.05. The average molecular weight is 237 g/mol. The van der Waals surface area contributed by atoms with Gasteiger partial charge in [0.1, 0.15) is 5.75 Å². The van der Waals surface area contributed by atoms with Gasteiger partial charge in [0.2, 0.25) is 0 Å². The average Bonchev–Trinajstić information content (AvgIpc) is 2.31. The second kappa shape index (κ2) is 4.37. The molecule has 82 valence electrons. The van der Waals surface area contributed by atoms with Gasteiger partial charge < -0.3 is 4.74 Å². The van der Waals surface area contributed by atoms with Gasteiger partial charge in [-0.3, -0.25) is 4.79 Å². The van der Waals surface area contributed by atoms with Crippen LogP contribution in [0.15, 0.2) is 35.1 Å². The van der Waals surface area contributed by atoms with Crippen molar-refractivity contribution >= 4 is 11.6 Å². The van der Waals surface area contributed by atoms with Crippen LogP contribution in [-0.2, 0) is 0 Å². The third-order valence-electron chi connectivity index (χ3n) is 2.13. The van der Waals surface area contributed by atoms with Crippen molar-refractivity contribution < 1.29 is 4.74 Å². The maximum absolute atomic E-state index is 10.9. The topological polar surface area (TPSA) is 55.0 Å². The van der Waals surface area contributed by atoms with Gasteiger partial charge in [-0.1, -0.05) is 17.7 Å². The molecule has 0 fully saturated rings. The van der Waals surface area contributed by atoms with Gasteiger partial charge in [-0.05, 0) is 18.2 Å². The molecule has 0 radical (unpaired) electrons. The van der Waals surface area contributed by atoms with Gasteiger partial charge in [0.25, 0.3) is 5.56 Å². The number of nitrogens with zero attached hydrogens (tertiary/aromatic N) is 1. The molecule has 0 aliphatic rings. The normalized spacial score (nSPS) is 10.1. The van der Waals surface area contributed by atoms with E-state index in [0.29, 0.717) is 16.5 Å². The molecule has 16 heavy (non-hydrogen) atoms. The fourth-order valence-corrected chi connectivity index (χ4v) is 1.52. The van der Waals surface area contributed by atoms with E-state index in [1.54, 1.807) is 25.3 Å². The minimum absolute atomic E-state index is 0.232. The first-order valence-electron chi connectivity index (χ1n) is 4.60. The smallest absolute Gasteiger partial charge is 0.264 e. The van der Waals surface area contributed by atoms with Gasteiger partial charge in [0, 0.05) is 11.6 Å². The zero-order chi connectivity index (χ0) is 11.5. The van der Waals surface area contributed by atoms with Gasteiger partial charge in [-0.25, -0.2) is 5.10 Å². The molecule has 0 amide bonds. The predicted octanol–water partition coefficient (Wildman–Crippen LogP) is 2.10. The van der Waals surface area contributed by atoms with Gasteiger partial charge in [-0.15, -0.1) is 0 Å². The summed E-state index contributed by atoms with van der Waals surface area (Å²) in [6, 6.07) is 8.36. The van der Waals surface area contributed by atoms with Crippen molar-refractivity contribution in [3.05, 3.63) is 45.7 Å².